The summed E-state index contributed by atoms with van der Waals surface area (Å²) < 4.78 is 62.7. The van der Waals surface area contributed by atoms with E-state index in [0.29, 0.717) is 37.2 Å². The lowest BCUT2D eigenvalue weighted by Gasteiger charge is -2.41. The number of carbonyl (C=O) groups is 4. The van der Waals surface area contributed by atoms with E-state index in [1.54, 1.807) is 12.3 Å². The molecule has 0 fully saturated rings. The Hall–Kier alpha value is -4.15. The van der Waals surface area contributed by atoms with Crippen LogP contribution in [-0.2, 0) is 25.7 Å². The Kier molecular flexibility index (Phi) is 16.4. The van der Waals surface area contributed by atoms with Crippen LogP contribution >= 0.6 is 15.9 Å². The highest BCUT2D eigenvalue weighted by atomic mass is 79.9. The molecule has 5 N–H and O–H groups in total. The van der Waals surface area contributed by atoms with Gasteiger partial charge in [-0.2, -0.15) is 13.2 Å². The number of alkyl halides is 4. The van der Waals surface area contributed by atoms with Gasteiger partial charge < -0.3 is 30.7 Å². The Bertz CT molecular complexity index is 1630. The molecule has 280 valence electrons. The molecule has 2 aromatic carbocycles. The van der Waals surface area contributed by atoms with Crippen LogP contribution in [0, 0.1) is 17.0 Å². The standard InChI is InChI=1S/C33H41BrF2N4O4.C2HF3O2/c1-33(2,3)31(40(30(43)21-41)15-13-28(37)32(44)38-14-7-10-25(42)18-34)29-16-23(26-17-24(35)11-12-27(26)36)20-39(29)19-22-8-5-4-6-9-22;3-2(4,5)1(6)7/h4-6,8-9,11-12,16-17,20,28,31,41H,7,10,13-15,18-19,21,37H2,1-3H3,(H,38,44);(H,6,7)/t28-,31-;/m0./s1. The molecule has 0 bridgehead atoms. The predicted molar refractivity (Wildman–Crippen MR) is 184 cm³/mol. The zero-order valence-electron chi connectivity index (χ0n) is 28.4. The SMILES string of the molecule is CC(C)(C)[C@H](c1cc(-c2cc(F)ccc2F)cn1Cc1ccccc1)N(CC[C@H](N)C(=O)NCCCC(=O)CBr)C(=O)CO.O=C(O)C(F)(F)F. The van der Waals surface area contributed by atoms with Crippen molar-refractivity contribution in [3.8, 4) is 11.1 Å². The number of carboxylic acid groups (broad SMARTS) is 1. The highest BCUT2D eigenvalue weighted by Crippen LogP contribution is 2.41. The number of halogens is 6. The van der Waals surface area contributed by atoms with Crippen molar-refractivity contribution in [2.24, 2.45) is 11.1 Å². The van der Waals surface area contributed by atoms with Gasteiger partial charge >= 0.3 is 12.1 Å². The summed E-state index contributed by atoms with van der Waals surface area (Å²) in [6, 6.07) is 13.0. The number of carbonyl (C=O) groups excluding carboxylic acids is 3. The fourth-order valence-corrected chi connectivity index (χ4v) is 5.49. The molecule has 51 heavy (non-hydrogen) atoms. The molecule has 1 heterocycles. The van der Waals surface area contributed by atoms with Gasteiger partial charge in [0.1, 0.15) is 24.0 Å². The van der Waals surface area contributed by atoms with Gasteiger partial charge in [0.25, 0.3) is 0 Å². The summed E-state index contributed by atoms with van der Waals surface area (Å²) in [6.45, 7) is 5.80. The van der Waals surface area contributed by atoms with Gasteiger partial charge in [-0.15, -0.1) is 0 Å². The number of rotatable bonds is 15. The number of aliphatic hydroxyl groups is 1. The molecule has 2 atom stereocenters. The van der Waals surface area contributed by atoms with Crippen molar-refractivity contribution in [3.05, 3.63) is 83.7 Å². The summed E-state index contributed by atoms with van der Waals surface area (Å²) in [7, 11) is 0. The van der Waals surface area contributed by atoms with Gasteiger partial charge in [0.2, 0.25) is 11.8 Å². The first-order chi connectivity index (χ1) is 23.8. The van der Waals surface area contributed by atoms with Crippen LogP contribution in [0.15, 0.2) is 60.8 Å². The Morgan fingerprint density at radius 1 is 1.02 bits per heavy atom. The lowest BCUT2D eigenvalue weighted by Crippen LogP contribution is -2.47. The van der Waals surface area contributed by atoms with Gasteiger partial charge in [-0.05, 0) is 48.1 Å². The maximum absolute atomic E-state index is 14.9. The van der Waals surface area contributed by atoms with Gasteiger partial charge in [0, 0.05) is 49.1 Å². The number of Topliss-reactive ketones (excluding diaryl/α,β-unsaturated/α-hetero) is 1. The minimum Gasteiger partial charge on any atom is -0.475 e. The average Bonchev–Trinajstić information content (AvgIpc) is 3.46. The zero-order valence-corrected chi connectivity index (χ0v) is 29.9. The van der Waals surface area contributed by atoms with Crippen LogP contribution in [0.4, 0.5) is 22.0 Å². The summed E-state index contributed by atoms with van der Waals surface area (Å²) in [5.74, 6) is -4.85. The Balaban J connectivity index is 0.00000116. The number of hydrogen-bond donors (Lipinski definition) is 4. The minimum atomic E-state index is -5.08. The van der Waals surface area contributed by atoms with Gasteiger partial charge in [-0.25, -0.2) is 13.6 Å². The maximum Gasteiger partial charge on any atom is 0.490 e. The summed E-state index contributed by atoms with van der Waals surface area (Å²) in [4.78, 5) is 47.8. The molecule has 2 amide bonds. The van der Waals surface area contributed by atoms with Crippen LogP contribution in [0.25, 0.3) is 11.1 Å². The number of benzene rings is 2. The fraction of sp³-hybridized carbons (Fsp3) is 0.429. The van der Waals surface area contributed by atoms with E-state index in [1.807, 2.05) is 55.7 Å². The number of nitrogens with zero attached hydrogens (tertiary/aromatic N) is 2. The normalized spacial score (nSPS) is 12.7. The van der Waals surface area contributed by atoms with Crippen LogP contribution in [0.5, 0.6) is 0 Å². The number of aromatic nitrogens is 1. The molecule has 0 radical (unpaired) electrons. The molecular weight excluding hydrogens is 747 g/mol. The number of hydrogen-bond acceptors (Lipinski definition) is 6. The first kappa shape index (κ1) is 43.0. The number of amides is 2. The number of carboxylic acids is 1. The number of ketones is 1. The summed E-state index contributed by atoms with van der Waals surface area (Å²) in [5.41, 5.74) is 7.73. The summed E-state index contributed by atoms with van der Waals surface area (Å²) in [6.07, 6.45) is -2.43. The van der Waals surface area contributed by atoms with Crippen LogP contribution in [-0.4, -0.2) is 80.5 Å². The lowest BCUT2D eigenvalue weighted by atomic mass is 9.82. The molecule has 3 rings (SSSR count). The van der Waals surface area contributed by atoms with Crippen molar-refractivity contribution in [2.75, 3.05) is 25.0 Å². The molecule has 0 aliphatic heterocycles. The fourth-order valence-electron chi connectivity index (χ4n) is 5.20. The molecule has 1 aromatic heterocycles. The van der Waals surface area contributed by atoms with E-state index in [1.165, 1.54) is 4.90 Å². The smallest absolute Gasteiger partial charge is 0.475 e. The summed E-state index contributed by atoms with van der Waals surface area (Å²) in [5, 5.41) is 20.1. The van der Waals surface area contributed by atoms with Crippen LogP contribution in [0.3, 0.4) is 0 Å². The monoisotopic (exact) mass is 788 g/mol. The number of aliphatic hydroxyl groups excluding tert-OH is 1. The molecular formula is C35H42BrF5N4O6. The third-order valence-electron chi connectivity index (χ3n) is 7.57. The van der Waals surface area contributed by atoms with Crippen molar-refractivity contribution in [1.82, 2.24) is 14.8 Å². The number of nitrogens with two attached hydrogens (primary N) is 1. The van der Waals surface area contributed by atoms with E-state index >= 15 is 0 Å². The van der Waals surface area contributed by atoms with Crippen molar-refractivity contribution < 1.29 is 51.3 Å². The molecule has 0 aliphatic carbocycles. The first-order valence-electron chi connectivity index (χ1n) is 15.8. The average molecular weight is 790 g/mol. The van der Waals surface area contributed by atoms with E-state index in [-0.39, 0.29) is 29.6 Å². The predicted octanol–water partition coefficient (Wildman–Crippen LogP) is 5.60. The van der Waals surface area contributed by atoms with Crippen LogP contribution in [0.2, 0.25) is 0 Å². The molecule has 0 spiro atoms. The Morgan fingerprint density at radius 2 is 1.65 bits per heavy atom. The topological polar surface area (TPSA) is 155 Å². The third kappa shape index (κ3) is 13.5. The highest BCUT2D eigenvalue weighted by Gasteiger charge is 2.39. The van der Waals surface area contributed by atoms with Crippen molar-refractivity contribution >= 4 is 39.5 Å². The lowest BCUT2D eigenvalue weighted by molar-refractivity contribution is -0.192. The molecule has 16 heteroatoms. The van der Waals surface area contributed by atoms with Gasteiger partial charge in [0.15, 0.2) is 0 Å². The van der Waals surface area contributed by atoms with Gasteiger partial charge in [-0.1, -0.05) is 67.0 Å². The van der Waals surface area contributed by atoms with Gasteiger partial charge in [-0.3, -0.25) is 14.4 Å². The number of aliphatic carboxylic acids is 1. The van der Waals surface area contributed by atoms with E-state index in [2.05, 4.69) is 21.2 Å². The van der Waals surface area contributed by atoms with Crippen LogP contribution < -0.4 is 11.1 Å². The van der Waals surface area contributed by atoms with E-state index in [9.17, 15) is 41.4 Å². The largest absolute Gasteiger partial charge is 0.490 e. The first-order valence-corrected chi connectivity index (χ1v) is 16.9. The molecule has 0 aliphatic rings. The zero-order chi connectivity index (χ0) is 38.5. The van der Waals surface area contributed by atoms with E-state index in [4.69, 9.17) is 15.6 Å². The third-order valence-corrected chi connectivity index (χ3v) is 8.20. The van der Waals surface area contributed by atoms with Crippen LogP contribution in [0.1, 0.15) is 57.3 Å². The van der Waals surface area contributed by atoms with E-state index in [0.717, 1.165) is 23.8 Å². The van der Waals surface area contributed by atoms with Crippen molar-refractivity contribution in [1.29, 1.82) is 0 Å². The summed E-state index contributed by atoms with van der Waals surface area (Å²) >= 11 is 3.11. The number of nitrogens with one attached hydrogen (secondary N) is 1. The second-order valence-corrected chi connectivity index (χ2v) is 13.2. The Morgan fingerprint density at radius 3 is 2.20 bits per heavy atom. The highest BCUT2D eigenvalue weighted by molar-refractivity contribution is 9.09. The quantitative estimate of drug-likeness (QED) is 0.0888. The van der Waals surface area contributed by atoms with Gasteiger partial charge in [0.05, 0.1) is 17.4 Å². The van der Waals surface area contributed by atoms with Crippen molar-refractivity contribution in [3.63, 3.8) is 0 Å². The Labute approximate surface area is 300 Å². The molecule has 0 saturated heterocycles. The molecule has 0 saturated carbocycles. The minimum absolute atomic E-state index is 0.0373. The molecule has 0 unspecified atom stereocenters. The maximum atomic E-state index is 14.9. The van der Waals surface area contributed by atoms with E-state index < -0.39 is 59.7 Å². The second kappa shape index (κ2) is 19.5. The molecule has 3 aromatic rings. The second-order valence-electron chi connectivity index (χ2n) is 12.7. The van der Waals surface area contributed by atoms with Crippen molar-refractivity contribution in [2.45, 2.75) is 64.8 Å². The molecule has 10 nitrogen and oxygen atoms in total.